The number of carbonyl (C=O) groups excluding carboxylic acids is 2. The number of hydrogen-bond acceptors (Lipinski definition) is 4. The maximum atomic E-state index is 13.3. The molecule has 32 heavy (non-hydrogen) atoms. The Bertz CT molecular complexity index is 913. The highest BCUT2D eigenvalue weighted by Crippen LogP contribution is 2.37. The number of hydrogen-bond donors (Lipinski definition) is 1. The van der Waals surface area contributed by atoms with Crippen molar-refractivity contribution in [3.05, 3.63) is 54.4 Å². The fourth-order valence-electron chi connectivity index (χ4n) is 4.77. The summed E-state index contributed by atoms with van der Waals surface area (Å²) in [5, 5.41) is 3.13. The van der Waals surface area contributed by atoms with Crippen molar-refractivity contribution in [1.29, 1.82) is 0 Å². The van der Waals surface area contributed by atoms with Gasteiger partial charge in [0.2, 0.25) is 5.91 Å². The topological polar surface area (TPSA) is 71.5 Å². The minimum atomic E-state index is -0.507. The second kappa shape index (κ2) is 9.82. The first kappa shape index (κ1) is 22.5. The quantitative estimate of drug-likeness (QED) is 0.753. The standard InChI is InChI=1S/C26H33N3O3/c1-19(2)28-25(31)26(11-14-29(15-12-26)24(30)23-6-4-16-32-23)17-20-7-9-21(10-8-20)22-5-3-13-27-18-22/h3,5,7-10,13,18-19,23H,4,6,11-12,14-17H2,1-2H3,(H,28,31)/t23-/m0/s1. The van der Waals surface area contributed by atoms with Crippen LogP contribution < -0.4 is 5.32 Å². The van der Waals surface area contributed by atoms with Crippen LogP contribution in [0.3, 0.4) is 0 Å². The summed E-state index contributed by atoms with van der Waals surface area (Å²) in [7, 11) is 0. The summed E-state index contributed by atoms with van der Waals surface area (Å²) in [6.07, 6.45) is 7.06. The van der Waals surface area contributed by atoms with Gasteiger partial charge >= 0.3 is 0 Å². The second-order valence-corrected chi connectivity index (χ2v) is 9.35. The van der Waals surface area contributed by atoms with Crippen LogP contribution in [0.1, 0.15) is 45.1 Å². The summed E-state index contributed by atoms with van der Waals surface area (Å²) in [5.74, 6) is 0.175. The number of ether oxygens (including phenoxy) is 1. The van der Waals surface area contributed by atoms with Crippen molar-refractivity contribution >= 4 is 11.8 Å². The molecular weight excluding hydrogens is 402 g/mol. The summed E-state index contributed by atoms with van der Waals surface area (Å²) in [4.78, 5) is 32.2. The highest BCUT2D eigenvalue weighted by molar-refractivity contribution is 5.85. The van der Waals surface area contributed by atoms with Crippen molar-refractivity contribution in [2.24, 2.45) is 5.41 Å². The van der Waals surface area contributed by atoms with Crippen molar-refractivity contribution in [2.45, 2.75) is 58.1 Å². The van der Waals surface area contributed by atoms with E-state index in [1.165, 1.54) is 0 Å². The van der Waals surface area contributed by atoms with Gasteiger partial charge in [0.25, 0.3) is 5.91 Å². The first-order chi connectivity index (χ1) is 15.5. The Morgan fingerprint density at radius 2 is 1.91 bits per heavy atom. The molecule has 0 aliphatic carbocycles. The molecule has 170 valence electrons. The predicted octanol–water partition coefficient (Wildman–Crippen LogP) is 3.60. The van der Waals surface area contributed by atoms with Crippen molar-refractivity contribution in [1.82, 2.24) is 15.2 Å². The minimum Gasteiger partial charge on any atom is -0.368 e. The fourth-order valence-corrected chi connectivity index (χ4v) is 4.77. The Balaban J connectivity index is 1.48. The van der Waals surface area contributed by atoms with E-state index in [0.29, 0.717) is 39.0 Å². The molecule has 2 aromatic rings. The number of nitrogens with zero attached hydrogens (tertiary/aromatic N) is 2. The van der Waals surface area contributed by atoms with Crippen LogP contribution in [0.25, 0.3) is 11.1 Å². The monoisotopic (exact) mass is 435 g/mol. The summed E-state index contributed by atoms with van der Waals surface area (Å²) >= 11 is 0. The van der Waals surface area contributed by atoms with E-state index in [1.807, 2.05) is 37.1 Å². The molecule has 0 unspecified atom stereocenters. The van der Waals surface area contributed by atoms with E-state index in [4.69, 9.17) is 4.74 Å². The minimum absolute atomic E-state index is 0.0823. The van der Waals surface area contributed by atoms with E-state index in [9.17, 15) is 9.59 Å². The van der Waals surface area contributed by atoms with Gasteiger partial charge in [-0.15, -0.1) is 0 Å². The van der Waals surface area contributed by atoms with Crippen LogP contribution in [0.5, 0.6) is 0 Å². The molecule has 0 radical (unpaired) electrons. The number of amides is 2. The zero-order valence-electron chi connectivity index (χ0n) is 19.0. The van der Waals surface area contributed by atoms with Crippen molar-refractivity contribution in [3.63, 3.8) is 0 Å². The van der Waals surface area contributed by atoms with Gasteiger partial charge in [0, 0.05) is 38.1 Å². The van der Waals surface area contributed by atoms with Crippen molar-refractivity contribution < 1.29 is 14.3 Å². The van der Waals surface area contributed by atoms with Gasteiger partial charge in [0.1, 0.15) is 6.10 Å². The maximum Gasteiger partial charge on any atom is 0.251 e. The van der Waals surface area contributed by atoms with Crippen LogP contribution in [0.15, 0.2) is 48.8 Å². The Hall–Kier alpha value is -2.73. The third kappa shape index (κ3) is 5.01. The van der Waals surface area contributed by atoms with Crippen LogP contribution in [0.2, 0.25) is 0 Å². The molecule has 4 rings (SSSR count). The van der Waals surface area contributed by atoms with Gasteiger partial charge in [0.05, 0.1) is 5.41 Å². The van der Waals surface area contributed by atoms with Gasteiger partial charge in [-0.2, -0.15) is 0 Å². The highest BCUT2D eigenvalue weighted by Gasteiger charge is 2.43. The number of rotatable bonds is 6. The van der Waals surface area contributed by atoms with Gasteiger partial charge in [-0.1, -0.05) is 30.3 Å². The lowest BCUT2D eigenvalue weighted by atomic mass is 9.72. The first-order valence-electron chi connectivity index (χ1n) is 11.7. The molecule has 3 heterocycles. The van der Waals surface area contributed by atoms with E-state index in [-0.39, 0.29) is 24.0 Å². The summed E-state index contributed by atoms with van der Waals surface area (Å²) in [5.41, 5.74) is 2.81. The Morgan fingerprint density at radius 3 is 2.50 bits per heavy atom. The average molecular weight is 436 g/mol. The molecule has 1 N–H and O–H groups in total. The molecule has 6 nitrogen and oxygen atoms in total. The molecular formula is C26H33N3O3. The van der Waals surface area contributed by atoms with E-state index < -0.39 is 5.41 Å². The molecule has 6 heteroatoms. The van der Waals surface area contributed by atoms with Crippen molar-refractivity contribution in [2.75, 3.05) is 19.7 Å². The summed E-state index contributed by atoms with van der Waals surface area (Å²) in [6, 6.07) is 12.5. The number of aromatic nitrogens is 1. The maximum absolute atomic E-state index is 13.3. The zero-order valence-corrected chi connectivity index (χ0v) is 19.0. The number of nitrogens with one attached hydrogen (secondary N) is 1. The molecule has 2 fully saturated rings. The van der Waals surface area contributed by atoms with E-state index in [2.05, 4.69) is 34.6 Å². The molecule has 1 aromatic carbocycles. The molecule has 0 spiro atoms. The predicted molar refractivity (Wildman–Crippen MR) is 124 cm³/mol. The average Bonchev–Trinajstić information content (AvgIpc) is 3.35. The highest BCUT2D eigenvalue weighted by atomic mass is 16.5. The van der Waals surface area contributed by atoms with Gasteiger partial charge in [-0.3, -0.25) is 14.6 Å². The van der Waals surface area contributed by atoms with Gasteiger partial charge in [-0.05, 0) is 68.7 Å². The van der Waals surface area contributed by atoms with Gasteiger partial charge in [-0.25, -0.2) is 0 Å². The summed E-state index contributed by atoms with van der Waals surface area (Å²) < 4.78 is 5.59. The van der Waals surface area contributed by atoms with Crippen LogP contribution in [0.4, 0.5) is 0 Å². The number of carbonyl (C=O) groups is 2. The lowest BCUT2D eigenvalue weighted by molar-refractivity contribution is -0.147. The van der Waals surface area contributed by atoms with Gasteiger partial charge < -0.3 is 15.0 Å². The molecule has 1 aromatic heterocycles. The molecule has 0 saturated carbocycles. The molecule has 2 aliphatic heterocycles. The largest absolute Gasteiger partial charge is 0.368 e. The second-order valence-electron chi connectivity index (χ2n) is 9.35. The van der Waals surface area contributed by atoms with Gasteiger partial charge in [0.15, 0.2) is 0 Å². The SMILES string of the molecule is CC(C)NC(=O)C1(Cc2ccc(-c3cccnc3)cc2)CCN(C(=O)[C@@H]2CCCO2)CC1. The Morgan fingerprint density at radius 1 is 1.16 bits per heavy atom. The third-order valence-electron chi connectivity index (χ3n) is 6.63. The number of piperidine rings is 1. The molecule has 2 saturated heterocycles. The lowest BCUT2D eigenvalue weighted by Gasteiger charge is -2.41. The molecule has 0 bridgehead atoms. The first-order valence-corrected chi connectivity index (χ1v) is 11.7. The van der Waals surface area contributed by atoms with E-state index >= 15 is 0 Å². The van der Waals surface area contributed by atoms with Crippen molar-refractivity contribution in [3.8, 4) is 11.1 Å². The fraction of sp³-hybridized carbons (Fsp3) is 0.500. The van der Waals surface area contributed by atoms with Crippen LogP contribution in [-0.2, 0) is 20.7 Å². The molecule has 2 amide bonds. The lowest BCUT2D eigenvalue weighted by Crippen LogP contribution is -2.53. The third-order valence-corrected chi connectivity index (χ3v) is 6.63. The number of pyridine rings is 1. The number of likely N-dealkylation sites (tertiary alicyclic amines) is 1. The zero-order chi connectivity index (χ0) is 22.6. The Labute approximate surface area is 190 Å². The summed E-state index contributed by atoms with van der Waals surface area (Å²) in [6.45, 7) is 5.84. The van der Waals surface area contributed by atoms with Crippen LogP contribution in [-0.4, -0.2) is 53.5 Å². The smallest absolute Gasteiger partial charge is 0.251 e. The molecule has 2 aliphatic rings. The number of benzene rings is 1. The Kier molecular flexibility index (Phi) is 6.89. The van der Waals surface area contributed by atoms with Crippen LogP contribution in [0, 0.1) is 5.41 Å². The molecule has 1 atom stereocenters. The van der Waals surface area contributed by atoms with Crippen LogP contribution >= 0.6 is 0 Å². The van der Waals surface area contributed by atoms with E-state index in [1.54, 1.807) is 6.20 Å². The van der Waals surface area contributed by atoms with E-state index in [0.717, 1.165) is 29.5 Å². The normalized spacial score (nSPS) is 20.3.